The minimum atomic E-state index is -0.730. The fraction of sp³-hybridized carbons (Fsp3) is 0.391. The van der Waals surface area contributed by atoms with E-state index in [0.29, 0.717) is 28.6 Å². The Bertz CT molecular complexity index is 917. The van der Waals surface area contributed by atoms with E-state index in [4.69, 9.17) is 34.8 Å². The van der Waals surface area contributed by atoms with Crippen LogP contribution in [0.1, 0.15) is 38.3 Å². The van der Waals surface area contributed by atoms with Gasteiger partial charge in [-0.3, -0.25) is 9.59 Å². The number of nitrogens with one attached hydrogen (secondary N) is 1. The number of nitrogens with zero attached hydrogens (tertiary/aromatic N) is 1. The van der Waals surface area contributed by atoms with Crippen LogP contribution in [0.3, 0.4) is 0 Å². The number of hydrogen-bond donors (Lipinski definition) is 1. The highest BCUT2D eigenvalue weighted by Gasteiger charge is 2.29. The average molecular weight is 488 g/mol. The molecule has 0 bridgehead atoms. The summed E-state index contributed by atoms with van der Waals surface area (Å²) in [6.45, 7) is 6.41. The molecule has 0 unspecified atom stereocenters. The van der Waals surface area contributed by atoms with Crippen LogP contribution in [-0.4, -0.2) is 29.3 Å². The second-order valence-corrected chi connectivity index (χ2v) is 8.93. The van der Waals surface area contributed by atoms with E-state index in [2.05, 4.69) is 5.32 Å². The van der Waals surface area contributed by atoms with Crippen LogP contribution in [0.25, 0.3) is 0 Å². The van der Waals surface area contributed by atoms with Crippen LogP contribution in [0.2, 0.25) is 15.1 Å². The molecule has 0 aromatic heterocycles. The number of rotatable bonds is 9. The first-order valence-corrected chi connectivity index (χ1v) is 11.2. The van der Waals surface area contributed by atoms with Crippen molar-refractivity contribution < 1.29 is 14.0 Å². The van der Waals surface area contributed by atoms with Gasteiger partial charge in [-0.1, -0.05) is 67.7 Å². The summed E-state index contributed by atoms with van der Waals surface area (Å²) in [4.78, 5) is 27.6. The van der Waals surface area contributed by atoms with Gasteiger partial charge in [0.05, 0.1) is 16.5 Å². The molecule has 8 heteroatoms. The Hall–Kier alpha value is -1.82. The molecule has 0 aliphatic heterocycles. The Morgan fingerprint density at radius 3 is 2.35 bits per heavy atom. The van der Waals surface area contributed by atoms with Crippen molar-refractivity contribution in [1.82, 2.24) is 10.2 Å². The molecule has 0 aliphatic rings. The first-order chi connectivity index (χ1) is 14.6. The summed E-state index contributed by atoms with van der Waals surface area (Å²) in [6.07, 6.45) is 0.128. The van der Waals surface area contributed by atoms with Crippen molar-refractivity contribution in [1.29, 1.82) is 0 Å². The number of hydrogen-bond acceptors (Lipinski definition) is 2. The average Bonchev–Trinajstić information content (AvgIpc) is 2.71. The van der Waals surface area contributed by atoms with Crippen molar-refractivity contribution in [3.63, 3.8) is 0 Å². The van der Waals surface area contributed by atoms with E-state index < -0.39 is 17.8 Å². The highest BCUT2D eigenvalue weighted by molar-refractivity contribution is 6.42. The van der Waals surface area contributed by atoms with Gasteiger partial charge in [0, 0.05) is 23.7 Å². The van der Waals surface area contributed by atoms with Gasteiger partial charge in [-0.05, 0) is 42.2 Å². The monoisotopic (exact) mass is 486 g/mol. The highest BCUT2D eigenvalue weighted by atomic mass is 35.5. The standard InChI is InChI=1S/C23H26Cl3FN2O2/c1-4-21(23(31)28-12-14(2)3)29(13-15-8-9-18(25)19(26)10-15)22(30)11-16-17(24)6-5-7-20(16)27/h5-10,14,21H,4,11-13H2,1-3H3,(H,28,31)/t21-/m1/s1. The third-order valence-corrected chi connectivity index (χ3v) is 5.89. The smallest absolute Gasteiger partial charge is 0.242 e. The predicted molar refractivity (Wildman–Crippen MR) is 124 cm³/mol. The van der Waals surface area contributed by atoms with Crippen molar-refractivity contribution >= 4 is 46.6 Å². The molecule has 2 amide bonds. The molecule has 0 spiro atoms. The lowest BCUT2D eigenvalue weighted by Crippen LogP contribution is -2.50. The molecule has 2 rings (SSSR count). The van der Waals surface area contributed by atoms with Crippen molar-refractivity contribution in [3.8, 4) is 0 Å². The maximum atomic E-state index is 14.3. The van der Waals surface area contributed by atoms with Crippen LogP contribution < -0.4 is 5.32 Å². The van der Waals surface area contributed by atoms with E-state index in [0.717, 1.165) is 0 Å². The highest BCUT2D eigenvalue weighted by Crippen LogP contribution is 2.25. The molecule has 0 radical (unpaired) electrons. The van der Waals surface area contributed by atoms with E-state index in [9.17, 15) is 14.0 Å². The molecular weight excluding hydrogens is 462 g/mol. The molecule has 2 aromatic rings. The number of amides is 2. The zero-order valence-corrected chi connectivity index (χ0v) is 20.0. The fourth-order valence-electron chi connectivity index (χ4n) is 3.13. The summed E-state index contributed by atoms with van der Waals surface area (Å²) in [5, 5.41) is 3.79. The summed E-state index contributed by atoms with van der Waals surface area (Å²) in [5.41, 5.74) is 0.809. The summed E-state index contributed by atoms with van der Waals surface area (Å²) in [6, 6.07) is 8.56. The lowest BCUT2D eigenvalue weighted by molar-refractivity contribution is -0.141. The molecule has 2 aromatic carbocycles. The van der Waals surface area contributed by atoms with Crippen LogP contribution in [0.15, 0.2) is 36.4 Å². The number of halogens is 4. The molecule has 0 heterocycles. The maximum absolute atomic E-state index is 14.3. The molecule has 31 heavy (non-hydrogen) atoms. The van der Waals surface area contributed by atoms with Gasteiger partial charge in [0.25, 0.3) is 0 Å². The van der Waals surface area contributed by atoms with E-state index in [1.165, 1.54) is 23.1 Å². The van der Waals surface area contributed by atoms with Gasteiger partial charge in [0.1, 0.15) is 11.9 Å². The van der Waals surface area contributed by atoms with Gasteiger partial charge in [0.15, 0.2) is 0 Å². The first-order valence-electron chi connectivity index (χ1n) is 10.1. The third kappa shape index (κ3) is 7.09. The molecule has 0 aliphatic carbocycles. The van der Waals surface area contributed by atoms with Gasteiger partial charge < -0.3 is 10.2 Å². The lowest BCUT2D eigenvalue weighted by Gasteiger charge is -2.31. The Balaban J connectivity index is 2.36. The van der Waals surface area contributed by atoms with Crippen LogP contribution in [0.5, 0.6) is 0 Å². The molecule has 168 valence electrons. The molecule has 0 saturated carbocycles. The fourth-order valence-corrected chi connectivity index (χ4v) is 3.68. The summed E-state index contributed by atoms with van der Waals surface area (Å²) in [5.74, 6) is -0.973. The van der Waals surface area contributed by atoms with E-state index in [-0.39, 0.29) is 35.4 Å². The van der Waals surface area contributed by atoms with Crippen molar-refractivity contribution in [2.75, 3.05) is 6.54 Å². The normalized spacial score (nSPS) is 12.0. The SMILES string of the molecule is CC[C@H](C(=O)NCC(C)C)N(Cc1ccc(Cl)c(Cl)c1)C(=O)Cc1c(F)cccc1Cl. The summed E-state index contributed by atoms with van der Waals surface area (Å²) >= 11 is 18.2. The predicted octanol–water partition coefficient (Wildman–Crippen LogP) is 5.91. The summed E-state index contributed by atoms with van der Waals surface area (Å²) < 4.78 is 14.3. The summed E-state index contributed by atoms with van der Waals surface area (Å²) in [7, 11) is 0. The number of benzene rings is 2. The largest absolute Gasteiger partial charge is 0.354 e. The second kappa shape index (κ2) is 11.7. The Labute approximate surface area is 197 Å². The molecule has 1 atom stereocenters. The van der Waals surface area contributed by atoms with Crippen molar-refractivity contribution in [2.45, 2.75) is 46.2 Å². The van der Waals surface area contributed by atoms with Gasteiger partial charge in [-0.2, -0.15) is 0 Å². The molecule has 4 nitrogen and oxygen atoms in total. The Morgan fingerprint density at radius 2 is 1.77 bits per heavy atom. The van der Waals surface area contributed by atoms with Gasteiger partial charge in [0.2, 0.25) is 11.8 Å². The molecular formula is C23H26Cl3FN2O2. The van der Waals surface area contributed by atoms with E-state index in [1.54, 1.807) is 18.2 Å². The van der Waals surface area contributed by atoms with Crippen LogP contribution in [0, 0.1) is 11.7 Å². The zero-order valence-electron chi connectivity index (χ0n) is 17.7. The minimum Gasteiger partial charge on any atom is -0.354 e. The van der Waals surface area contributed by atoms with Crippen LogP contribution in [-0.2, 0) is 22.6 Å². The van der Waals surface area contributed by atoms with Crippen LogP contribution >= 0.6 is 34.8 Å². The Kier molecular flexibility index (Phi) is 9.60. The molecule has 1 N–H and O–H groups in total. The van der Waals surface area contributed by atoms with E-state index >= 15 is 0 Å². The van der Waals surface area contributed by atoms with Gasteiger partial charge in [-0.25, -0.2) is 4.39 Å². The van der Waals surface area contributed by atoms with Gasteiger partial charge in [-0.15, -0.1) is 0 Å². The van der Waals surface area contributed by atoms with Crippen molar-refractivity contribution in [3.05, 3.63) is 68.4 Å². The molecule has 0 fully saturated rings. The van der Waals surface area contributed by atoms with Crippen LogP contribution in [0.4, 0.5) is 4.39 Å². The van der Waals surface area contributed by atoms with E-state index in [1.807, 2.05) is 20.8 Å². The minimum absolute atomic E-state index is 0.103. The zero-order chi connectivity index (χ0) is 23.1. The quantitative estimate of drug-likeness (QED) is 0.478. The molecule has 0 saturated heterocycles. The van der Waals surface area contributed by atoms with Crippen molar-refractivity contribution in [2.24, 2.45) is 5.92 Å². The third-order valence-electron chi connectivity index (χ3n) is 4.80. The first kappa shape index (κ1) is 25.4. The Morgan fingerprint density at radius 1 is 1.06 bits per heavy atom. The second-order valence-electron chi connectivity index (χ2n) is 7.71. The maximum Gasteiger partial charge on any atom is 0.242 e. The lowest BCUT2D eigenvalue weighted by atomic mass is 10.1. The van der Waals surface area contributed by atoms with Gasteiger partial charge >= 0.3 is 0 Å². The number of carbonyl (C=O) groups is 2. The topological polar surface area (TPSA) is 49.4 Å². The number of carbonyl (C=O) groups excluding carboxylic acids is 2.